The van der Waals surface area contributed by atoms with Crippen molar-refractivity contribution in [2.75, 3.05) is 46.8 Å². The molecule has 4 rings (SSSR count). The van der Waals surface area contributed by atoms with Gasteiger partial charge in [-0.25, -0.2) is 0 Å². The smallest absolute Gasteiger partial charge is 0.332 e. The van der Waals surface area contributed by atoms with Crippen molar-refractivity contribution < 1.29 is 27.4 Å². The molecule has 8 heteroatoms. The molecule has 4 aliphatic rings. The Morgan fingerprint density at radius 1 is 0.935 bits per heavy atom. The molecule has 2 aliphatic carbocycles. The van der Waals surface area contributed by atoms with Gasteiger partial charge in [-0.2, -0.15) is 0 Å². The maximum absolute atomic E-state index is 6.06. The molecule has 0 amide bonds. The van der Waals surface area contributed by atoms with Crippen LogP contribution in [-0.2, 0) is 27.4 Å². The van der Waals surface area contributed by atoms with Crippen LogP contribution in [0.1, 0.15) is 58.8 Å². The molecule has 31 heavy (non-hydrogen) atoms. The molecule has 0 bridgehead atoms. The lowest BCUT2D eigenvalue weighted by Gasteiger charge is -2.42. The van der Waals surface area contributed by atoms with Gasteiger partial charge in [0, 0.05) is 13.8 Å². The van der Waals surface area contributed by atoms with Gasteiger partial charge in [-0.1, -0.05) is 11.1 Å². The van der Waals surface area contributed by atoms with E-state index in [4.69, 9.17) is 27.4 Å². The highest BCUT2D eigenvalue weighted by atomic mass is 31.2. The average Bonchev–Trinajstić information content (AvgIpc) is 2.81. The summed E-state index contributed by atoms with van der Waals surface area (Å²) in [6.07, 6.45) is 9.15. The molecule has 2 heterocycles. The first-order chi connectivity index (χ1) is 15.0. The molecule has 0 aromatic heterocycles. The van der Waals surface area contributed by atoms with E-state index < -0.39 is 17.0 Å². The van der Waals surface area contributed by atoms with Crippen LogP contribution in [-0.4, -0.2) is 52.9 Å². The van der Waals surface area contributed by atoms with E-state index in [9.17, 15) is 0 Å². The van der Waals surface area contributed by atoms with E-state index in [1.165, 1.54) is 44.1 Å². The summed E-state index contributed by atoms with van der Waals surface area (Å²) in [5.74, 6) is 2.20. The summed E-state index contributed by atoms with van der Waals surface area (Å²) in [5, 5.41) is 0. The molecule has 2 aliphatic heterocycles. The van der Waals surface area contributed by atoms with Crippen LogP contribution < -0.4 is 0 Å². The number of allylic oxidation sites excluding steroid dienone is 1. The molecule has 0 aromatic carbocycles. The van der Waals surface area contributed by atoms with Gasteiger partial charge in [0.1, 0.15) is 0 Å². The number of hydrogen-bond acceptors (Lipinski definition) is 6. The Hall–Kier alpha value is 0.360. The molecule has 2 atom stereocenters. The molecule has 6 nitrogen and oxygen atoms in total. The van der Waals surface area contributed by atoms with Gasteiger partial charge in [-0.15, -0.1) is 0 Å². The summed E-state index contributed by atoms with van der Waals surface area (Å²) in [4.78, 5) is 0. The van der Waals surface area contributed by atoms with Crippen LogP contribution in [0.3, 0.4) is 0 Å². The van der Waals surface area contributed by atoms with Crippen LogP contribution in [0.5, 0.6) is 0 Å². The molecule has 0 radical (unpaired) electrons. The summed E-state index contributed by atoms with van der Waals surface area (Å²) in [7, 11) is -0.107. The van der Waals surface area contributed by atoms with Crippen LogP contribution in [0.4, 0.5) is 0 Å². The van der Waals surface area contributed by atoms with E-state index in [2.05, 4.69) is 13.8 Å². The maximum atomic E-state index is 6.06. The van der Waals surface area contributed by atoms with Crippen LogP contribution in [0.25, 0.3) is 0 Å². The van der Waals surface area contributed by atoms with Crippen molar-refractivity contribution in [2.45, 2.75) is 64.9 Å². The zero-order valence-electron chi connectivity index (χ0n) is 19.6. The lowest BCUT2D eigenvalue weighted by atomic mass is 9.67. The first-order valence-corrected chi connectivity index (χ1v) is 14.6. The minimum absolute atomic E-state index is 0.153. The highest BCUT2D eigenvalue weighted by Gasteiger charge is 2.43. The number of hydrogen-bond donors (Lipinski definition) is 0. The fraction of sp³-hybridized carbons (Fsp3) is 0.913. The third-order valence-electron chi connectivity index (χ3n) is 7.60. The Balaban J connectivity index is 1.18. The molecule has 2 saturated carbocycles. The predicted octanol–water partition coefficient (Wildman–Crippen LogP) is 6.21. The molecule has 2 unspecified atom stereocenters. The Morgan fingerprint density at radius 3 is 2.19 bits per heavy atom. The lowest BCUT2D eigenvalue weighted by molar-refractivity contribution is -0.0662. The van der Waals surface area contributed by atoms with E-state index in [1.807, 2.05) is 13.8 Å². The van der Waals surface area contributed by atoms with Crippen molar-refractivity contribution in [3.8, 4) is 0 Å². The summed E-state index contributed by atoms with van der Waals surface area (Å²) in [5.41, 5.74) is 3.03. The Kier molecular flexibility index (Phi) is 8.84. The minimum atomic E-state index is -1.23. The molecule has 4 fully saturated rings. The van der Waals surface area contributed by atoms with Gasteiger partial charge in [0.15, 0.2) is 8.38 Å². The quantitative estimate of drug-likeness (QED) is 0.349. The van der Waals surface area contributed by atoms with Crippen molar-refractivity contribution in [1.82, 2.24) is 0 Å². The molecule has 178 valence electrons. The summed E-state index contributed by atoms with van der Waals surface area (Å²) < 4.78 is 35.0. The number of ether oxygens (including phenoxy) is 1. The van der Waals surface area contributed by atoms with Gasteiger partial charge in [-0.3, -0.25) is 0 Å². The van der Waals surface area contributed by atoms with Crippen molar-refractivity contribution in [2.24, 2.45) is 23.2 Å². The summed E-state index contributed by atoms with van der Waals surface area (Å²) in [6, 6.07) is 0. The van der Waals surface area contributed by atoms with Crippen LogP contribution in [0, 0.1) is 23.2 Å². The van der Waals surface area contributed by atoms with Crippen molar-refractivity contribution in [3.05, 3.63) is 11.1 Å². The van der Waals surface area contributed by atoms with E-state index in [-0.39, 0.29) is 5.41 Å². The zero-order valence-corrected chi connectivity index (χ0v) is 21.4. The molecule has 2 saturated heterocycles. The zero-order chi connectivity index (χ0) is 21.8. The summed E-state index contributed by atoms with van der Waals surface area (Å²) in [6.45, 7) is 9.82. The highest BCUT2D eigenvalue weighted by molar-refractivity contribution is 7.46. The van der Waals surface area contributed by atoms with Gasteiger partial charge >= 0.3 is 8.60 Å². The van der Waals surface area contributed by atoms with Gasteiger partial charge in [0.05, 0.1) is 44.6 Å². The molecular formula is C23H40O6P2. The van der Waals surface area contributed by atoms with E-state index >= 15 is 0 Å². The molecule has 1 spiro atoms. The molecular weight excluding hydrogens is 434 g/mol. The largest absolute Gasteiger partial charge is 0.381 e. The number of methoxy groups -OCH3 is 1. The minimum Gasteiger partial charge on any atom is -0.381 e. The van der Waals surface area contributed by atoms with Crippen LogP contribution in [0.2, 0.25) is 0 Å². The second-order valence-corrected chi connectivity index (χ2v) is 12.7. The molecule has 0 N–H and O–H groups in total. The van der Waals surface area contributed by atoms with Gasteiger partial charge in [0.25, 0.3) is 0 Å². The standard InChI is InChI=1S/C23H40O6P2/c1-17(2)22-11-20(24-3)9-10-21(22)19-7-5-18(6-8-19)12-25-31-28-15-23(16-29-31)13-26-30(4)27-14-23/h18-21H,5-16H2,1-4H3. The summed E-state index contributed by atoms with van der Waals surface area (Å²) >= 11 is 0. The van der Waals surface area contributed by atoms with E-state index in [1.54, 1.807) is 5.57 Å². The number of rotatable bonds is 5. The normalized spacial score (nSPS) is 42.0. The SMILES string of the molecule is COC1CCC(C2CCC(COP3OCC4(COP(C)OC4)CO3)CC2)C(=C(C)C)C1. The third-order valence-corrected chi connectivity index (χ3v) is 9.63. The van der Waals surface area contributed by atoms with Crippen molar-refractivity contribution in [1.29, 1.82) is 0 Å². The van der Waals surface area contributed by atoms with Gasteiger partial charge in [0.2, 0.25) is 0 Å². The first-order valence-electron chi connectivity index (χ1n) is 11.9. The van der Waals surface area contributed by atoms with Gasteiger partial charge < -0.3 is 27.4 Å². The van der Waals surface area contributed by atoms with Crippen LogP contribution in [0.15, 0.2) is 11.1 Å². The van der Waals surface area contributed by atoms with Crippen LogP contribution >= 0.6 is 17.0 Å². The Labute approximate surface area is 190 Å². The van der Waals surface area contributed by atoms with Crippen molar-refractivity contribution in [3.63, 3.8) is 0 Å². The maximum Gasteiger partial charge on any atom is 0.332 e. The fourth-order valence-corrected chi connectivity index (χ4v) is 7.79. The van der Waals surface area contributed by atoms with Crippen molar-refractivity contribution >= 4 is 17.0 Å². The first kappa shape index (κ1) is 24.5. The monoisotopic (exact) mass is 474 g/mol. The van der Waals surface area contributed by atoms with Gasteiger partial charge in [-0.05, 0) is 76.5 Å². The average molecular weight is 475 g/mol. The highest BCUT2D eigenvalue weighted by Crippen LogP contribution is 2.52. The van der Waals surface area contributed by atoms with E-state index in [0.717, 1.165) is 24.9 Å². The second-order valence-electron chi connectivity index (χ2n) is 10.1. The van der Waals surface area contributed by atoms with E-state index in [0.29, 0.717) is 38.4 Å². The predicted molar refractivity (Wildman–Crippen MR) is 124 cm³/mol. The Morgan fingerprint density at radius 2 is 1.58 bits per heavy atom. The topological polar surface area (TPSA) is 55.4 Å². The Bertz CT molecular complexity index is 599. The lowest BCUT2D eigenvalue weighted by Crippen LogP contribution is -2.44. The second kappa shape index (κ2) is 11.2. The fourth-order valence-electron chi connectivity index (χ4n) is 5.49. The molecule has 0 aromatic rings. The third kappa shape index (κ3) is 6.28.